The van der Waals surface area contributed by atoms with E-state index in [4.69, 9.17) is 23.8 Å². The van der Waals surface area contributed by atoms with E-state index in [1.165, 1.54) is 6.07 Å². The Morgan fingerprint density at radius 1 is 1.20 bits per heavy atom. The first kappa shape index (κ1) is 14.8. The largest absolute Gasteiger partial charge is 0.356 e. The first-order valence-electron chi connectivity index (χ1n) is 6.14. The summed E-state index contributed by atoms with van der Waals surface area (Å²) in [5.41, 5.74) is 1.36. The van der Waals surface area contributed by atoms with Gasteiger partial charge in [0.25, 0.3) is 0 Å². The summed E-state index contributed by atoms with van der Waals surface area (Å²) in [6.45, 7) is 1.96. The molecule has 0 aliphatic heterocycles. The van der Waals surface area contributed by atoms with Crippen molar-refractivity contribution < 1.29 is 4.39 Å². The number of para-hydroxylation sites is 1. The lowest BCUT2D eigenvalue weighted by molar-refractivity contribution is 0.631. The van der Waals surface area contributed by atoms with Crippen molar-refractivity contribution in [3.05, 3.63) is 64.9 Å². The highest BCUT2D eigenvalue weighted by Gasteiger charge is 2.08. The van der Waals surface area contributed by atoms with Crippen LogP contribution in [-0.2, 0) is 0 Å². The number of benzene rings is 2. The van der Waals surface area contributed by atoms with Gasteiger partial charge in [0, 0.05) is 5.02 Å². The highest BCUT2D eigenvalue weighted by Crippen LogP contribution is 2.18. The van der Waals surface area contributed by atoms with E-state index in [9.17, 15) is 4.39 Å². The lowest BCUT2D eigenvalue weighted by Gasteiger charge is -2.17. The van der Waals surface area contributed by atoms with Crippen LogP contribution in [0.5, 0.6) is 0 Å². The van der Waals surface area contributed by atoms with E-state index in [2.05, 4.69) is 10.6 Å². The Hall–Kier alpha value is -1.65. The second kappa shape index (κ2) is 6.68. The van der Waals surface area contributed by atoms with Gasteiger partial charge in [-0.25, -0.2) is 4.39 Å². The number of rotatable bonds is 3. The zero-order chi connectivity index (χ0) is 14.5. The molecule has 0 heterocycles. The van der Waals surface area contributed by atoms with E-state index in [-0.39, 0.29) is 11.9 Å². The van der Waals surface area contributed by atoms with Crippen LogP contribution in [0.25, 0.3) is 0 Å². The summed E-state index contributed by atoms with van der Waals surface area (Å²) in [7, 11) is 0. The van der Waals surface area contributed by atoms with Gasteiger partial charge >= 0.3 is 0 Å². The van der Waals surface area contributed by atoms with Gasteiger partial charge in [-0.3, -0.25) is 0 Å². The van der Waals surface area contributed by atoms with Crippen molar-refractivity contribution >= 4 is 34.6 Å². The Balaban J connectivity index is 2.00. The second-order valence-corrected chi connectivity index (χ2v) is 5.20. The average molecular weight is 309 g/mol. The topological polar surface area (TPSA) is 24.1 Å². The van der Waals surface area contributed by atoms with Crippen LogP contribution in [0.15, 0.2) is 48.5 Å². The average Bonchev–Trinajstić information content (AvgIpc) is 2.41. The molecule has 0 aliphatic carbocycles. The van der Waals surface area contributed by atoms with E-state index in [0.29, 0.717) is 15.8 Å². The number of hydrogen-bond acceptors (Lipinski definition) is 1. The Morgan fingerprint density at radius 2 is 1.95 bits per heavy atom. The van der Waals surface area contributed by atoms with Crippen LogP contribution in [0.1, 0.15) is 18.5 Å². The monoisotopic (exact) mass is 308 g/mol. The highest BCUT2D eigenvalue weighted by atomic mass is 35.5. The highest BCUT2D eigenvalue weighted by molar-refractivity contribution is 7.80. The van der Waals surface area contributed by atoms with Gasteiger partial charge < -0.3 is 10.6 Å². The minimum absolute atomic E-state index is 0.0273. The fourth-order valence-corrected chi connectivity index (χ4v) is 2.26. The van der Waals surface area contributed by atoms with Crippen molar-refractivity contribution in [3.8, 4) is 0 Å². The molecule has 2 nitrogen and oxygen atoms in total. The van der Waals surface area contributed by atoms with Crippen molar-refractivity contribution in [2.45, 2.75) is 13.0 Å². The normalized spacial score (nSPS) is 11.8. The molecular formula is C15H14ClFN2S. The molecule has 0 spiro atoms. The molecular weight excluding hydrogens is 295 g/mol. The molecule has 2 N–H and O–H groups in total. The van der Waals surface area contributed by atoms with Crippen molar-refractivity contribution in [2.24, 2.45) is 0 Å². The number of halogens is 2. The minimum atomic E-state index is -0.341. The quantitative estimate of drug-likeness (QED) is 0.815. The molecule has 0 saturated heterocycles. The smallest absolute Gasteiger partial charge is 0.171 e. The van der Waals surface area contributed by atoms with Crippen molar-refractivity contribution in [3.63, 3.8) is 0 Å². The van der Waals surface area contributed by atoms with Gasteiger partial charge in [-0.1, -0.05) is 35.9 Å². The van der Waals surface area contributed by atoms with Gasteiger partial charge in [0.1, 0.15) is 5.82 Å². The van der Waals surface area contributed by atoms with Gasteiger partial charge in [-0.15, -0.1) is 0 Å². The molecule has 0 bridgehead atoms. The fraction of sp³-hybridized carbons (Fsp3) is 0.133. The molecule has 0 fully saturated rings. The SMILES string of the molecule is C[C@@H](NC(=S)Nc1ccccc1F)c1cccc(Cl)c1. The number of nitrogens with one attached hydrogen (secondary N) is 2. The zero-order valence-electron chi connectivity index (χ0n) is 10.9. The van der Waals surface area contributed by atoms with Gasteiger partial charge in [-0.2, -0.15) is 0 Å². The molecule has 5 heteroatoms. The van der Waals surface area contributed by atoms with Gasteiger partial charge in [0.2, 0.25) is 0 Å². The standard InChI is InChI=1S/C15H14ClFN2S/c1-10(11-5-4-6-12(16)9-11)18-15(20)19-14-8-3-2-7-13(14)17/h2-10H,1H3,(H2,18,19,20)/t10-/m1/s1. The van der Waals surface area contributed by atoms with Gasteiger partial charge in [-0.05, 0) is 49.0 Å². The first-order chi connectivity index (χ1) is 9.56. The summed E-state index contributed by atoms with van der Waals surface area (Å²) in [6.07, 6.45) is 0. The molecule has 104 valence electrons. The summed E-state index contributed by atoms with van der Waals surface area (Å²) in [5.74, 6) is -0.341. The third-order valence-corrected chi connectivity index (χ3v) is 3.27. The number of thiocarbonyl (C=S) groups is 1. The van der Waals surface area contributed by atoms with E-state index < -0.39 is 0 Å². The maximum atomic E-state index is 13.5. The second-order valence-electron chi connectivity index (χ2n) is 4.36. The Kier molecular flexibility index (Phi) is 4.93. The summed E-state index contributed by atoms with van der Waals surface area (Å²) < 4.78 is 13.5. The number of hydrogen-bond donors (Lipinski definition) is 2. The Bertz CT molecular complexity index is 618. The van der Waals surface area contributed by atoms with Crippen LogP contribution in [0.4, 0.5) is 10.1 Å². The van der Waals surface area contributed by atoms with E-state index in [1.807, 2.05) is 31.2 Å². The summed E-state index contributed by atoms with van der Waals surface area (Å²) in [6, 6.07) is 13.9. The zero-order valence-corrected chi connectivity index (χ0v) is 12.4. The van der Waals surface area contributed by atoms with Crippen LogP contribution < -0.4 is 10.6 Å². The van der Waals surface area contributed by atoms with Gasteiger partial charge in [0.15, 0.2) is 5.11 Å². The third kappa shape index (κ3) is 3.92. The molecule has 20 heavy (non-hydrogen) atoms. The molecule has 2 rings (SSSR count). The maximum absolute atomic E-state index is 13.5. The lowest BCUT2D eigenvalue weighted by Crippen LogP contribution is -2.31. The summed E-state index contributed by atoms with van der Waals surface area (Å²) >= 11 is 11.1. The summed E-state index contributed by atoms with van der Waals surface area (Å²) in [5, 5.41) is 6.97. The van der Waals surface area contributed by atoms with Crippen LogP contribution in [0.3, 0.4) is 0 Å². The van der Waals surface area contributed by atoms with Gasteiger partial charge in [0.05, 0.1) is 11.7 Å². The third-order valence-electron chi connectivity index (χ3n) is 2.82. The maximum Gasteiger partial charge on any atom is 0.171 e. The molecule has 2 aromatic carbocycles. The van der Waals surface area contributed by atoms with E-state index in [0.717, 1.165) is 5.56 Å². The molecule has 0 radical (unpaired) electrons. The van der Waals surface area contributed by atoms with Crippen molar-refractivity contribution in [1.29, 1.82) is 0 Å². The predicted molar refractivity (Wildman–Crippen MR) is 85.6 cm³/mol. The van der Waals surface area contributed by atoms with Crippen LogP contribution >= 0.6 is 23.8 Å². The van der Waals surface area contributed by atoms with Crippen LogP contribution in [-0.4, -0.2) is 5.11 Å². The molecule has 0 amide bonds. The molecule has 0 aromatic heterocycles. The van der Waals surface area contributed by atoms with Crippen LogP contribution in [0, 0.1) is 5.82 Å². The minimum Gasteiger partial charge on any atom is -0.356 e. The van der Waals surface area contributed by atoms with Crippen molar-refractivity contribution in [2.75, 3.05) is 5.32 Å². The first-order valence-corrected chi connectivity index (χ1v) is 6.92. The Labute approximate surface area is 128 Å². The predicted octanol–water partition coefficient (Wildman–Crippen LogP) is 4.53. The van der Waals surface area contributed by atoms with E-state index >= 15 is 0 Å². The molecule has 2 aromatic rings. The van der Waals surface area contributed by atoms with Crippen LogP contribution in [0.2, 0.25) is 5.02 Å². The Morgan fingerprint density at radius 3 is 2.65 bits per heavy atom. The molecule has 0 unspecified atom stereocenters. The molecule has 0 saturated carbocycles. The fourth-order valence-electron chi connectivity index (χ4n) is 1.78. The summed E-state index contributed by atoms with van der Waals surface area (Å²) in [4.78, 5) is 0. The molecule has 0 aliphatic rings. The molecule has 1 atom stereocenters. The lowest BCUT2D eigenvalue weighted by atomic mass is 10.1. The number of anilines is 1. The van der Waals surface area contributed by atoms with Crippen molar-refractivity contribution in [1.82, 2.24) is 5.32 Å². The van der Waals surface area contributed by atoms with E-state index in [1.54, 1.807) is 18.2 Å².